The van der Waals surface area contributed by atoms with Gasteiger partial charge >= 0.3 is 5.97 Å². The quantitative estimate of drug-likeness (QED) is 0.308. The molecular formula is C16H18Cl2N4O5S3. The zero-order valence-corrected chi connectivity index (χ0v) is 20.0. The van der Waals surface area contributed by atoms with Crippen molar-refractivity contribution in [3.63, 3.8) is 0 Å². The number of sulfonamides is 1. The third-order valence-corrected chi connectivity index (χ3v) is 7.17. The van der Waals surface area contributed by atoms with Crippen molar-refractivity contribution in [3.8, 4) is 0 Å². The molecule has 30 heavy (non-hydrogen) atoms. The molecule has 9 nitrogen and oxygen atoms in total. The maximum Gasteiger partial charge on any atom is 0.316 e. The summed E-state index contributed by atoms with van der Waals surface area (Å²) in [7, 11) is -2.57. The Morgan fingerprint density at radius 3 is 2.43 bits per heavy atom. The number of anilines is 2. The highest BCUT2D eigenvalue weighted by Gasteiger charge is 2.32. The number of carbonyl (C=O) groups excluding carboxylic acids is 2. The maximum atomic E-state index is 12.9. The number of thioether (sulfide) groups is 1. The zero-order valence-electron chi connectivity index (χ0n) is 16.1. The van der Waals surface area contributed by atoms with Crippen molar-refractivity contribution in [2.24, 2.45) is 0 Å². The summed E-state index contributed by atoms with van der Waals surface area (Å²) in [5, 5.41) is 10.9. The average Bonchev–Trinajstić information content (AvgIpc) is 3.09. The van der Waals surface area contributed by atoms with E-state index in [9.17, 15) is 18.0 Å². The lowest BCUT2D eigenvalue weighted by Gasteiger charge is -2.30. The molecule has 1 heterocycles. The third-order valence-electron chi connectivity index (χ3n) is 3.61. The predicted molar refractivity (Wildman–Crippen MR) is 119 cm³/mol. The van der Waals surface area contributed by atoms with Crippen molar-refractivity contribution < 1.29 is 22.7 Å². The molecular weight excluding hydrogens is 495 g/mol. The van der Waals surface area contributed by atoms with Gasteiger partial charge in [-0.1, -0.05) is 53.2 Å². The molecule has 0 fully saturated rings. The van der Waals surface area contributed by atoms with E-state index in [0.717, 1.165) is 33.7 Å². The normalized spacial score (nSPS) is 12.3. The summed E-state index contributed by atoms with van der Waals surface area (Å²) >= 11 is 14.2. The summed E-state index contributed by atoms with van der Waals surface area (Å²) in [6.45, 7) is 1.67. The van der Waals surface area contributed by atoms with Gasteiger partial charge in [0, 0.05) is 10.0 Å². The fourth-order valence-electron chi connectivity index (χ4n) is 2.41. The lowest BCUT2D eigenvalue weighted by Crippen LogP contribution is -2.47. The number of aromatic nitrogens is 2. The summed E-state index contributed by atoms with van der Waals surface area (Å²) in [4.78, 5) is 24.1. The molecule has 2 rings (SSSR count). The smallest absolute Gasteiger partial charge is 0.316 e. The number of esters is 1. The van der Waals surface area contributed by atoms with E-state index >= 15 is 0 Å². The van der Waals surface area contributed by atoms with Gasteiger partial charge in [-0.25, -0.2) is 8.42 Å². The van der Waals surface area contributed by atoms with E-state index in [0.29, 0.717) is 4.34 Å². The largest absolute Gasteiger partial charge is 0.468 e. The van der Waals surface area contributed by atoms with Gasteiger partial charge in [0.1, 0.15) is 6.04 Å². The number of benzene rings is 1. The van der Waals surface area contributed by atoms with Crippen LogP contribution < -0.4 is 9.62 Å². The zero-order chi connectivity index (χ0) is 22.5. The molecule has 2 aromatic rings. The van der Waals surface area contributed by atoms with Crippen molar-refractivity contribution in [1.29, 1.82) is 0 Å². The van der Waals surface area contributed by atoms with Crippen LogP contribution in [0.4, 0.5) is 10.8 Å². The van der Waals surface area contributed by atoms with Crippen LogP contribution in [0.15, 0.2) is 22.5 Å². The molecule has 0 aliphatic rings. The summed E-state index contributed by atoms with van der Waals surface area (Å²) in [6, 6.07) is 3.21. The van der Waals surface area contributed by atoms with Crippen molar-refractivity contribution in [1.82, 2.24) is 10.2 Å². The molecule has 0 aliphatic carbocycles. The summed E-state index contributed by atoms with van der Waals surface area (Å²) in [5.41, 5.74) is 0.170. The van der Waals surface area contributed by atoms with E-state index in [-0.39, 0.29) is 33.0 Å². The minimum atomic E-state index is -3.85. The number of hydrogen-bond acceptors (Lipinski definition) is 9. The van der Waals surface area contributed by atoms with Crippen LogP contribution in [0.3, 0.4) is 0 Å². The van der Waals surface area contributed by atoms with Crippen molar-refractivity contribution in [2.75, 3.05) is 28.7 Å². The van der Waals surface area contributed by atoms with Crippen LogP contribution in [-0.2, 0) is 24.3 Å². The first-order chi connectivity index (χ1) is 14.0. The molecule has 1 aromatic heterocycles. The second-order valence-corrected chi connectivity index (χ2v) is 10.8. The molecule has 0 aliphatic heterocycles. The number of hydrogen-bond donors (Lipinski definition) is 1. The SMILES string of the molecule is CC[C@H](C(=O)Nc1nnc(SCC(=O)OC)s1)N(c1cc(Cl)cc(Cl)c1)S(C)(=O)=O. The van der Waals surface area contributed by atoms with Gasteiger partial charge in [0.25, 0.3) is 0 Å². The number of nitrogens with one attached hydrogen (secondary N) is 1. The van der Waals surface area contributed by atoms with Crippen molar-refractivity contribution >= 4 is 79.0 Å². The number of amides is 1. The van der Waals surface area contributed by atoms with Crippen molar-refractivity contribution in [2.45, 2.75) is 23.7 Å². The van der Waals surface area contributed by atoms with Gasteiger partial charge in [0.15, 0.2) is 4.34 Å². The van der Waals surface area contributed by atoms with Gasteiger partial charge in [-0.05, 0) is 24.6 Å². The third kappa shape index (κ3) is 6.71. The molecule has 0 spiro atoms. The van der Waals surface area contributed by atoms with Crippen molar-refractivity contribution in [3.05, 3.63) is 28.2 Å². The van der Waals surface area contributed by atoms with Crippen LogP contribution in [-0.4, -0.2) is 55.7 Å². The highest BCUT2D eigenvalue weighted by molar-refractivity contribution is 8.01. The monoisotopic (exact) mass is 512 g/mol. The van der Waals surface area contributed by atoms with Crippen LogP contribution in [0.1, 0.15) is 13.3 Å². The predicted octanol–water partition coefficient (Wildman–Crippen LogP) is 3.29. The maximum absolute atomic E-state index is 12.9. The van der Waals surface area contributed by atoms with Gasteiger partial charge < -0.3 is 4.74 Å². The minimum absolute atomic E-state index is 0.0496. The molecule has 1 N–H and O–H groups in total. The Kier molecular flexibility index (Phi) is 8.73. The van der Waals surface area contributed by atoms with E-state index in [2.05, 4.69) is 20.3 Å². The first-order valence-electron chi connectivity index (χ1n) is 8.34. The van der Waals surface area contributed by atoms with E-state index < -0.39 is 27.9 Å². The highest BCUT2D eigenvalue weighted by Crippen LogP contribution is 2.30. The minimum Gasteiger partial charge on any atom is -0.468 e. The van der Waals surface area contributed by atoms with E-state index in [1.54, 1.807) is 6.92 Å². The lowest BCUT2D eigenvalue weighted by atomic mass is 10.2. The molecule has 0 saturated carbocycles. The molecule has 164 valence electrons. The van der Waals surface area contributed by atoms with Gasteiger partial charge in [-0.3, -0.25) is 19.2 Å². The fraction of sp³-hybridized carbons (Fsp3) is 0.375. The number of methoxy groups -OCH3 is 1. The number of carbonyl (C=O) groups is 2. The molecule has 1 amide bonds. The summed E-state index contributed by atoms with van der Waals surface area (Å²) in [6.07, 6.45) is 1.16. The Bertz CT molecular complexity index is 1010. The number of nitrogens with zero attached hydrogens (tertiary/aromatic N) is 3. The van der Waals surface area contributed by atoms with Gasteiger partial charge in [0.2, 0.25) is 21.1 Å². The second-order valence-electron chi connectivity index (χ2n) is 5.84. The first-order valence-corrected chi connectivity index (χ1v) is 12.7. The first kappa shape index (κ1) is 24.7. The molecule has 14 heteroatoms. The van der Waals surface area contributed by atoms with Crippen LogP contribution >= 0.6 is 46.3 Å². The Morgan fingerprint density at radius 1 is 1.27 bits per heavy atom. The van der Waals surface area contributed by atoms with E-state index in [1.165, 1.54) is 25.3 Å². The Hall–Kier alpha value is -1.60. The molecule has 0 unspecified atom stereocenters. The molecule has 1 aromatic carbocycles. The van der Waals surface area contributed by atoms with Crippen LogP contribution in [0, 0.1) is 0 Å². The van der Waals surface area contributed by atoms with E-state index in [4.69, 9.17) is 23.2 Å². The summed E-state index contributed by atoms with van der Waals surface area (Å²) < 4.78 is 30.9. The van der Waals surface area contributed by atoms with E-state index in [1.807, 2.05) is 0 Å². The van der Waals surface area contributed by atoms with Crippen LogP contribution in [0.25, 0.3) is 0 Å². The standard InChI is InChI=1S/C16H18Cl2N4O5S3/c1-4-12(22(30(3,25)26)11-6-9(17)5-10(18)7-11)14(24)19-15-20-21-16(29-15)28-8-13(23)27-2/h5-7,12H,4,8H2,1-3H3,(H,19,20,24)/t12-/m1/s1. The highest BCUT2D eigenvalue weighted by atomic mass is 35.5. The number of ether oxygens (including phenoxy) is 1. The van der Waals surface area contributed by atoms with Crippen LogP contribution in [0.2, 0.25) is 10.0 Å². The van der Waals surface area contributed by atoms with Crippen LogP contribution in [0.5, 0.6) is 0 Å². The van der Waals surface area contributed by atoms with Gasteiger partial charge in [0.05, 0.1) is 24.8 Å². The summed E-state index contributed by atoms with van der Waals surface area (Å²) in [5.74, 6) is -0.968. The molecule has 0 saturated heterocycles. The fourth-order valence-corrected chi connectivity index (χ4v) is 5.71. The van der Waals surface area contributed by atoms with Gasteiger partial charge in [-0.15, -0.1) is 10.2 Å². The average molecular weight is 513 g/mol. The Labute approximate surface area is 192 Å². The molecule has 0 radical (unpaired) electrons. The molecule has 1 atom stereocenters. The molecule has 0 bridgehead atoms. The topological polar surface area (TPSA) is 119 Å². The number of rotatable bonds is 9. The number of halogens is 2. The van der Waals surface area contributed by atoms with Gasteiger partial charge in [-0.2, -0.15) is 0 Å². The Morgan fingerprint density at radius 2 is 1.90 bits per heavy atom. The second kappa shape index (κ2) is 10.6. The Balaban J connectivity index is 2.24. The lowest BCUT2D eigenvalue weighted by molar-refractivity contribution is -0.137.